The molecule has 3 rings (SSSR count). The molecule has 1 unspecified atom stereocenters. The highest BCUT2D eigenvalue weighted by Crippen LogP contribution is 2.45. The highest BCUT2D eigenvalue weighted by atomic mass is 32.2. The van der Waals surface area contributed by atoms with Crippen LogP contribution in [0.5, 0.6) is 5.75 Å². The molecule has 25 heavy (non-hydrogen) atoms. The van der Waals surface area contributed by atoms with E-state index in [-0.39, 0.29) is 23.0 Å². The monoisotopic (exact) mass is 359 g/mol. The molecule has 1 amide bonds. The molecule has 1 heterocycles. The molecular formula is C19H21NO4S. The van der Waals surface area contributed by atoms with Gasteiger partial charge in [0.25, 0.3) is 0 Å². The Hall–Kier alpha value is -2.34. The quantitative estimate of drug-likeness (QED) is 0.823. The number of nitrogens with zero attached hydrogens (tertiary/aromatic N) is 1. The van der Waals surface area contributed by atoms with Gasteiger partial charge in [-0.2, -0.15) is 0 Å². The molecule has 0 saturated heterocycles. The average molecular weight is 359 g/mol. The number of methoxy groups -OCH3 is 1. The second-order valence-corrected chi connectivity index (χ2v) is 8.57. The van der Waals surface area contributed by atoms with E-state index in [2.05, 4.69) is 0 Å². The van der Waals surface area contributed by atoms with Crippen LogP contribution in [0, 0.1) is 0 Å². The average Bonchev–Trinajstić information content (AvgIpc) is 2.82. The van der Waals surface area contributed by atoms with Crippen molar-refractivity contribution in [2.75, 3.05) is 24.8 Å². The minimum atomic E-state index is -3.45. The van der Waals surface area contributed by atoms with Crippen LogP contribution in [0.1, 0.15) is 18.9 Å². The summed E-state index contributed by atoms with van der Waals surface area (Å²) in [5, 5.41) is 0. The molecule has 0 aliphatic carbocycles. The van der Waals surface area contributed by atoms with Crippen molar-refractivity contribution in [2.45, 2.75) is 23.7 Å². The van der Waals surface area contributed by atoms with Crippen molar-refractivity contribution >= 4 is 21.4 Å². The van der Waals surface area contributed by atoms with Gasteiger partial charge >= 0.3 is 0 Å². The SMILES string of the molecule is COc1ccc2c(c1)C(C)(CCS(=O)(=O)c1ccccc1)C(=O)N2C. The number of carbonyl (C=O) groups is 1. The highest BCUT2D eigenvalue weighted by Gasteiger charge is 2.46. The molecule has 1 atom stereocenters. The Bertz CT molecular complexity index is 908. The van der Waals surface area contributed by atoms with Crippen LogP contribution in [0.2, 0.25) is 0 Å². The van der Waals surface area contributed by atoms with Gasteiger partial charge in [-0.3, -0.25) is 4.79 Å². The van der Waals surface area contributed by atoms with E-state index < -0.39 is 15.3 Å². The van der Waals surface area contributed by atoms with Crippen molar-refractivity contribution < 1.29 is 17.9 Å². The normalized spacial score (nSPS) is 19.8. The summed E-state index contributed by atoms with van der Waals surface area (Å²) in [4.78, 5) is 14.7. The zero-order chi connectivity index (χ0) is 18.2. The van der Waals surface area contributed by atoms with E-state index in [0.717, 1.165) is 11.3 Å². The van der Waals surface area contributed by atoms with Gasteiger partial charge in [0.05, 0.1) is 23.2 Å². The van der Waals surface area contributed by atoms with Gasteiger partial charge in [0.15, 0.2) is 9.84 Å². The van der Waals surface area contributed by atoms with Gasteiger partial charge in [0, 0.05) is 12.7 Å². The first-order valence-corrected chi connectivity index (χ1v) is 9.69. The van der Waals surface area contributed by atoms with Crippen LogP contribution in [-0.2, 0) is 20.0 Å². The van der Waals surface area contributed by atoms with Crippen molar-refractivity contribution in [3.05, 3.63) is 54.1 Å². The minimum absolute atomic E-state index is 0.0935. The molecule has 0 aromatic heterocycles. The third kappa shape index (κ3) is 2.91. The van der Waals surface area contributed by atoms with Crippen molar-refractivity contribution in [2.24, 2.45) is 0 Å². The van der Waals surface area contributed by atoms with E-state index in [0.29, 0.717) is 5.75 Å². The first-order chi connectivity index (χ1) is 11.8. The molecule has 1 aliphatic heterocycles. The number of hydrogen-bond acceptors (Lipinski definition) is 4. The molecular weight excluding hydrogens is 338 g/mol. The van der Waals surface area contributed by atoms with Crippen LogP contribution < -0.4 is 9.64 Å². The van der Waals surface area contributed by atoms with E-state index >= 15 is 0 Å². The smallest absolute Gasteiger partial charge is 0.237 e. The van der Waals surface area contributed by atoms with E-state index in [1.807, 2.05) is 12.1 Å². The van der Waals surface area contributed by atoms with Crippen molar-refractivity contribution in [3.8, 4) is 5.75 Å². The lowest BCUT2D eigenvalue weighted by Gasteiger charge is -2.23. The first kappa shape index (κ1) is 17.5. The molecule has 0 fully saturated rings. The third-order valence-corrected chi connectivity index (χ3v) is 6.64. The van der Waals surface area contributed by atoms with E-state index in [4.69, 9.17) is 4.74 Å². The zero-order valence-electron chi connectivity index (χ0n) is 14.5. The maximum atomic E-state index is 12.8. The van der Waals surface area contributed by atoms with Gasteiger partial charge in [-0.05, 0) is 49.2 Å². The Kier molecular flexibility index (Phi) is 4.33. The topological polar surface area (TPSA) is 63.7 Å². The summed E-state index contributed by atoms with van der Waals surface area (Å²) in [6.07, 6.45) is 0.216. The van der Waals surface area contributed by atoms with Crippen molar-refractivity contribution in [3.63, 3.8) is 0 Å². The molecule has 5 nitrogen and oxygen atoms in total. The number of benzene rings is 2. The second kappa shape index (κ2) is 6.19. The minimum Gasteiger partial charge on any atom is -0.497 e. The summed E-state index contributed by atoms with van der Waals surface area (Å²) >= 11 is 0. The molecule has 0 spiro atoms. The van der Waals surface area contributed by atoms with E-state index in [9.17, 15) is 13.2 Å². The first-order valence-electron chi connectivity index (χ1n) is 8.04. The lowest BCUT2D eigenvalue weighted by Crippen LogP contribution is -2.37. The Morgan fingerprint density at radius 3 is 2.44 bits per heavy atom. The van der Waals surface area contributed by atoms with Gasteiger partial charge in [-0.1, -0.05) is 18.2 Å². The predicted octanol–water partition coefficient (Wildman–Crippen LogP) is 2.79. The fourth-order valence-corrected chi connectivity index (χ4v) is 4.78. The number of likely N-dealkylation sites (N-methyl/N-ethyl adjacent to an activating group) is 1. The third-order valence-electron chi connectivity index (χ3n) is 4.91. The van der Waals surface area contributed by atoms with Gasteiger partial charge in [-0.25, -0.2) is 8.42 Å². The largest absolute Gasteiger partial charge is 0.497 e. The number of sulfone groups is 1. The number of fused-ring (bicyclic) bond motifs is 1. The van der Waals surface area contributed by atoms with Crippen LogP contribution in [0.3, 0.4) is 0 Å². The Morgan fingerprint density at radius 2 is 1.80 bits per heavy atom. The Labute approximate surface area is 148 Å². The maximum Gasteiger partial charge on any atom is 0.237 e. The molecule has 132 valence electrons. The van der Waals surface area contributed by atoms with Gasteiger partial charge in [0.1, 0.15) is 5.75 Å². The van der Waals surface area contributed by atoms with Crippen molar-refractivity contribution in [1.82, 2.24) is 0 Å². The number of anilines is 1. The van der Waals surface area contributed by atoms with Gasteiger partial charge in [0.2, 0.25) is 5.91 Å². The molecule has 2 aromatic rings. The van der Waals surface area contributed by atoms with Crippen LogP contribution in [0.4, 0.5) is 5.69 Å². The van der Waals surface area contributed by atoms with Crippen LogP contribution >= 0.6 is 0 Å². The number of hydrogen-bond donors (Lipinski definition) is 0. The van der Waals surface area contributed by atoms with E-state index in [1.54, 1.807) is 62.4 Å². The summed E-state index contributed by atoms with van der Waals surface area (Å²) in [7, 11) is -0.165. The fourth-order valence-electron chi connectivity index (χ4n) is 3.30. The number of amides is 1. The van der Waals surface area contributed by atoms with Crippen LogP contribution in [0.25, 0.3) is 0 Å². The molecule has 2 aromatic carbocycles. The molecule has 0 radical (unpaired) electrons. The van der Waals surface area contributed by atoms with Crippen molar-refractivity contribution in [1.29, 1.82) is 0 Å². The standard InChI is InChI=1S/C19H21NO4S/c1-19(11-12-25(22,23)15-7-5-4-6-8-15)16-13-14(24-3)9-10-17(16)20(2)18(19)21/h4-10,13H,11-12H2,1-3H3. The van der Waals surface area contributed by atoms with Crippen LogP contribution in [0.15, 0.2) is 53.4 Å². The van der Waals surface area contributed by atoms with Gasteiger partial charge < -0.3 is 9.64 Å². The lowest BCUT2D eigenvalue weighted by atomic mass is 9.81. The Morgan fingerprint density at radius 1 is 1.12 bits per heavy atom. The summed E-state index contributed by atoms with van der Waals surface area (Å²) in [5.74, 6) is 0.460. The molecule has 0 saturated carbocycles. The molecule has 0 N–H and O–H groups in total. The lowest BCUT2D eigenvalue weighted by molar-refractivity contribution is -0.122. The Balaban J connectivity index is 1.94. The fraction of sp³-hybridized carbons (Fsp3) is 0.316. The summed E-state index contributed by atoms with van der Waals surface area (Å²) in [6, 6.07) is 13.8. The van der Waals surface area contributed by atoms with E-state index in [1.165, 1.54) is 0 Å². The number of carbonyl (C=O) groups excluding carboxylic acids is 1. The summed E-state index contributed by atoms with van der Waals surface area (Å²) < 4.78 is 30.5. The summed E-state index contributed by atoms with van der Waals surface area (Å²) in [6.45, 7) is 1.80. The molecule has 0 bridgehead atoms. The maximum absolute atomic E-state index is 12.8. The number of rotatable bonds is 5. The zero-order valence-corrected chi connectivity index (χ0v) is 15.3. The highest BCUT2D eigenvalue weighted by molar-refractivity contribution is 7.91. The molecule has 1 aliphatic rings. The molecule has 6 heteroatoms. The van der Waals surface area contributed by atoms with Gasteiger partial charge in [-0.15, -0.1) is 0 Å². The predicted molar refractivity (Wildman–Crippen MR) is 96.9 cm³/mol. The number of ether oxygens (including phenoxy) is 1. The second-order valence-electron chi connectivity index (χ2n) is 6.46. The summed E-state index contributed by atoms with van der Waals surface area (Å²) in [5.41, 5.74) is 0.716. The van der Waals surface area contributed by atoms with Crippen LogP contribution in [-0.4, -0.2) is 34.2 Å².